The molecule has 1 nitrogen and oxygen atoms in total. The van der Waals surface area contributed by atoms with Gasteiger partial charge in [-0.2, -0.15) is 0 Å². The zero-order valence-corrected chi connectivity index (χ0v) is 45.6. The molecule has 12 aromatic carbocycles. The van der Waals surface area contributed by atoms with E-state index >= 15 is 0 Å². The molecule has 0 aliphatic carbocycles. The number of nitrogens with zero attached hydrogens (tertiary/aromatic N) is 1. The highest BCUT2D eigenvalue weighted by atomic mass is 28.3. The van der Waals surface area contributed by atoms with E-state index in [1.165, 1.54) is 114 Å². The van der Waals surface area contributed by atoms with Crippen molar-refractivity contribution in [1.82, 2.24) is 0 Å². The summed E-state index contributed by atoms with van der Waals surface area (Å²) in [7, 11) is -1.37. The van der Waals surface area contributed by atoms with Gasteiger partial charge in [-0.3, -0.25) is 0 Å². The molecule has 2 heteroatoms. The normalized spacial score (nSPS) is 12.8. The van der Waals surface area contributed by atoms with Gasteiger partial charge < -0.3 is 4.90 Å². The fourth-order valence-corrected chi connectivity index (χ4v) is 15.9. The molecule has 378 valence electrons. The Morgan fingerprint density at radius 3 is 0.772 bits per heavy atom. The summed E-state index contributed by atoms with van der Waals surface area (Å²) < 4.78 is 0. The highest BCUT2D eigenvalue weighted by Crippen LogP contribution is 2.44. The van der Waals surface area contributed by atoms with Crippen LogP contribution in [0.4, 0.5) is 17.1 Å². The lowest BCUT2D eigenvalue weighted by Gasteiger charge is -2.26. The van der Waals surface area contributed by atoms with Crippen LogP contribution in [0.5, 0.6) is 0 Å². The van der Waals surface area contributed by atoms with Crippen LogP contribution in [0.3, 0.4) is 0 Å². The molecule has 13 rings (SSSR count). The molecule has 0 bridgehead atoms. The van der Waals surface area contributed by atoms with E-state index in [9.17, 15) is 0 Å². The Labute approximate surface area is 467 Å². The molecule has 1 aliphatic heterocycles. The quantitative estimate of drug-likeness (QED) is 0.104. The largest absolute Gasteiger partial charge is 0.311 e. The molecule has 1 saturated heterocycles. The van der Waals surface area contributed by atoms with Gasteiger partial charge in [-0.25, -0.2) is 0 Å². The number of rotatable bonds is 13. The average Bonchev–Trinajstić information content (AvgIpc) is 4.02. The molecule has 0 saturated carbocycles. The molecule has 0 N–H and O–H groups in total. The van der Waals surface area contributed by atoms with Gasteiger partial charge in [-0.05, 0) is 155 Å². The van der Waals surface area contributed by atoms with Crippen molar-refractivity contribution in [1.29, 1.82) is 0 Å². The molecule has 0 atom stereocenters. The van der Waals surface area contributed by atoms with E-state index in [1.54, 1.807) is 5.19 Å². The SMILES string of the molecule is C[Si]1(c2ccc(-c3ccc(-c4ccccc4)c(-c4ccc(N(c5ccc(-c6cc(-c7ccccc7)ccc6-c6ccccc6)cc5)c5ccc(-c6cc(-c7ccccc7)ccc6-c6ccccc6)cc5)cc4)c3)cc2)CCCC1. The molecule has 0 spiro atoms. The van der Waals surface area contributed by atoms with Gasteiger partial charge in [0.25, 0.3) is 0 Å². The monoisotopic (exact) mass is 1030 g/mol. The molecule has 1 aliphatic rings. The Hall–Kier alpha value is -9.34. The lowest BCUT2D eigenvalue weighted by atomic mass is 9.90. The van der Waals surface area contributed by atoms with E-state index in [2.05, 4.69) is 315 Å². The third kappa shape index (κ3) is 10.2. The third-order valence-electron chi connectivity index (χ3n) is 16.5. The van der Waals surface area contributed by atoms with Gasteiger partial charge in [-0.15, -0.1) is 0 Å². The van der Waals surface area contributed by atoms with Crippen LogP contribution < -0.4 is 10.1 Å². The minimum atomic E-state index is -1.37. The summed E-state index contributed by atoms with van der Waals surface area (Å²) >= 11 is 0. The van der Waals surface area contributed by atoms with Crippen molar-refractivity contribution in [3.8, 4) is 100 Å². The van der Waals surface area contributed by atoms with Crippen LogP contribution in [0, 0.1) is 0 Å². The number of hydrogen-bond donors (Lipinski definition) is 0. The van der Waals surface area contributed by atoms with Gasteiger partial charge in [-0.1, -0.05) is 285 Å². The fourth-order valence-electron chi connectivity index (χ4n) is 12.1. The van der Waals surface area contributed by atoms with Crippen molar-refractivity contribution in [3.63, 3.8) is 0 Å². The van der Waals surface area contributed by atoms with Crippen molar-refractivity contribution < 1.29 is 0 Å². The Balaban J connectivity index is 0.914. The van der Waals surface area contributed by atoms with Crippen LogP contribution in [-0.2, 0) is 0 Å². The van der Waals surface area contributed by atoms with Gasteiger partial charge in [0.05, 0.1) is 8.07 Å². The summed E-state index contributed by atoms with van der Waals surface area (Å²) in [6, 6.07) is 115. The molecular formula is C77H61NSi. The smallest absolute Gasteiger partial charge is 0.0836 e. The highest BCUT2D eigenvalue weighted by Gasteiger charge is 2.32. The first-order valence-corrected chi connectivity index (χ1v) is 30.8. The Morgan fingerprint density at radius 2 is 0.468 bits per heavy atom. The molecule has 0 unspecified atom stereocenters. The van der Waals surface area contributed by atoms with Crippen molar-refractivity contribution >= 4 is 30.3 Å². The van der Waals surface area contributed by atoms with Crippen LogP contribution >= 0.6 is 0 Å². The van der Waals surface area contributed by atoms with Gasteiger partial charge in [0, 0.05) is 17.1 Å². The summed E-state index contributed by atoms with van der Waals surface area (Å²) in [5, 5.41) is 1.60. The molecule has 0 radical (unpaired) electrons. The van der Waals surface area contributed by atoms with Gasteiger partial charge >= 0.3 is 0 Å². The summed E-state index contributed by atoms with van der Waals surface area (Å²) in [5.41, 5.74) is 24.9. The zero-order valence-electron chi connectivity index (χ0n) is 44.6. The fraction of sp³-hybridized carbons (Fsp3) is 0.0649. The topological polar surface area (TPSA) is 3.24 Å². The Bertz CT molecular complexity index is 3830. The maximum Gasteiger partial charge on any atom is 0.0836 e. The van der Waals surface area contributed by atoms with Gasteiger partial charge in [0.2, 0.25) is 0 Å². The predicted octanol–water partition coefficient (Wildman–Crippen LogP) is 21.2. The number of anilines is 3. The van der Waals surface area contributed by atoms with Crippen LogP contribution in [0.25, 0.3) is 100 Å². The Morgan fingerprint density at radius 1 is 0.228 bits per heavy atom. The maximum atomic E-state index is 2.58. The van der Waals surface area contributed by atoms with E-state index in [1.807, 2.05) is 0 Å². The molecule has 1 fully saturated rings. The standard InChI is InChI=1S/C77H61NSi/c1-79(51-17-18-52-79)71-46-35-58(36-47-71)67-39-50-74(61-27-15-6-16-28-61)77(55-67)64-33-44-70(45-34-64)78(68-40-29-62(30-41-68)75-53-65(56-19-7-2-8-20-56)37-48-72(75)59-23-11-4-12-24-59)69-42-31-63(32-43-69)76-54-66(57-21-9-3-10-22-57)38-49-73(76)60-25-13-5-14-26-60/h2-16,19-50,53-55H,17-18,51-52H2,1H3. The van der Waals surface area contributed by atoms with Crippen LogP contribution in [0.2, 0.25) is 18.6 Å². The first-order chi connectivity index (χ1) is 39.0. The minimum Gasteiger partial charge on any atom is -0.311 e. The first kappa shape index (κ1) is 49.2. The zero-order chi connectivity index (χ0) is 53.0. The third-order valence-corrected chi connectivity index (χ3v) is 21.1. The maximum absolute atomic E-state index is 2.58. The molecule has 79 heavy (non-hydrogen) atoms. The van der Waals surface area contributed by atoms with E-state index in [4.69, 9.17) is 0 Å². The van der Waals surface area contributed by atoms with Crippen LogP contribution in [0.1, 0.15) is 12.8 Å². The van der Waals surface area contributed by atoms with Crippen molar-refractivity contribution in [2.24, 2.45) is 0 Å². The molecule has 0 amide bonds. The molecule has 12 aromatic rings. The second-order valence-electron chi connectivity index (χ2n) is 21.4. The van der Waals surface area contributed by atoms with Crippen LogP contribution in [0.15, 0.2) is 303 Å². The van der Waals surface area contributed by atoms with E-state index in [0.717, 1.165) is 28.2 Å². The van der Waals surface area contributed by atoms with E-state index in [-0.39, 0.29) is 0 Å². The van der Waals surface area contributed by atoms with Gasteiger partial charge in [0.15, 0.2) is 0 Å². The summed E-state index contributed by atoms with van der Waals surface area (Å²) in [6.07, 6.45) is 2.76. The average molecular weight is 1030 g/mol. The summed E-state index contributed by atoms with van der Waals surface area (Å²) in [6.45, 7) is 2.58. The van der Waals surface area contributed by atoms with Crippen molar-refractivity contribution in [2.45, 2.75) is 31.5 Å². The lowest BCUT2D eigenvalue weighted by Crippen LogP contribution is -2.41. The molecule has 1 heterocycles. The second-order valence-corrected chi connectivity index (χ2v) is 26.1. The molecular weight excluding hydrogens is 967 g/mol. The van der Waals surface area contributed by atoms with E-state index < -0.39 is 8.07 Å². The number of hydrogen-bond acceptors (Lipinski definition) is 1. The molecule has 0 aromatic heterocycles. The number of benzene rings is 12. The predicted molar refractivity (Wildman–Crippen MR) is 340 cm³/mol. The Kier molecular flexibility index (Phi) is 13.7. The second kappa shape index (κ2) is 21.9. The summed E-state index contributed by atoms with van der Waals surface area (Å²) in [5.74, 6) is 0. The van der Waals surface area contributed by atoms with E-state index in [0.29, 0.717) is 0 Å². The van der Waals surface area contributed by atoms with Gasteiger partial charge in [0.1, 0.15) is 0 Å². The van der Waals surface area contributed by atoms with Crippen molar-refractivity contribution in [2.75, 3.05) is 4.90 Å². The highest BCUT2D eigenvalue weighted by molar-refractivity contribution is 6.91. The summed E-state index contributed by atoms with van der Waals surface area (Å²) in [4.78, 5) is 2.40. The minimum absolute atomic E-state index is 1.07. The van der Waals surface area contributed by atoms with Crippen molar-refractivity contribution in [3.05, 3.63) is 303 Å². The lowest BCUT2D eigenvalue weighted by molar-refractivity contribution is 0.935. The first-order valence-electron chi connectivity index (χ1n) is 27.9. The van der Waals surface area contributed by atoms with Crippen LogP contribution in [-0.4, -0.2) is 8.07 Å².